The van der Waals surface area contributed by atoms with Crippen molar-refractivity contribution < 1.29 is 14.1 Å². The van der Waals surface area contributed by atoms with E-state index < -0.39 is 17.5 Å². The highest BCUT2D eigenvalue weighted by Gasteiger charge is 2.26. The van der Waals surface area contributed by atoms with E-state index in [1.165, 1.54) is 12.1 Å². The highest BCUT2D eigenvalue weighted by atomic mass is 19.1. The van der Waals surface area contributed by atoms with Gasteiger partial charge in [-0.3, -0.25) is 19.3 Å². The lowest BCUT2D eigenvalue weighted by Gasteiger charge is -2.10. The SMILES string of the molecule is CC(CF)c1cc2c(cc1[N+](=O)[O-])CC(=O)N2. The average Bonchev–Trinajstić information content (AvgIpc) is 2.65. The molecule has 0 spiro atoms. The lowest BCUT2D eigenvalue weighted by atomic mass is 9.97. The van der Waals surface area contributed by atoms with Crippen LogP contribution in [0.3, 0.4) is 0 Å². The standard InChI is InChI=1S/C11H11FN2O3/c1-6(5-12)8-4-9-7(3-11(15)13-9)2-10(8)14(16)17/h2,4,6H,3,5H2,1H3,(H,13,15). The molecule has 1 amide bonds. The van der Waals surface area contributed by atoms with Gasteiger partial charge in [0.1, 0.15) is 0 Å². The van der Waals surface area contributed by atoms with Crippen LogP contribution in [0, 0.1) is 10.1 Å². The van der Waals surface area contributed by atoms with Gasteiger partial charge in [-0.1, -0.05) is 6.92 Å². The summed E-state index contributed by atoms with van der Waals surface area (Å²) in [4.78, 5) is 21.5. The number of alkyl halides is 1. The number of carbonyl (C=O) groups excluding carboxylic acids is 1. The zero-order valence-electron chi connectivity index (χ0n) is 9.20. The van der Waals surface area contributed by atoms with Gasteiger partial charge in [0.2, 0.25) is 5.91 Å². The summed E-state index contributed by atoms with van der Waals surface area (Å²) in [7, 11) is 0. The summed E-state index contributed by atoms with van der Waals surface area (Å²) in [6, 6.07) is 2.86. The fourth-order valence-electron chi connectivity index (χ4n) is 1.91. The maximum atomic E-state index is 12.6. The van der Waals surface area contributed by atoms with Gasteiger partial charge in [0, 0.05) is 23.2 Å². The highest BCUT2D eigenvalue weighted by molar-refractivity contribution is 5.99. The van der Waals surface area contributed by atoms with Crippen molar-refractivity contribution in [2.75, 3.05) is 12.0 Å². The minimum Gasteiger partial charge on any atom is -0.326 e. The molecule has 1 aromatic carbocycles. The molecule has 2 rings (SSSR count). The smallest absolute Gasteiger partial charge is 0.273 e. The second kappa shape index (κ2) is 4.12. The maximum absolute atomic E-state index is 12.6. The molecule has 1 aromatic rings. The first-order valence-corrected chi connectivity index (χ1v) is 5.20. The number of fused-ring (bicyclic) bond motifs is 1. The second-order valence-electron chi connectivity index (χ2n) is 4.11. The molecule has 17 heavy (non-hydrogen) atoms. The molecule has 0 aliphatic carbocycles. The predicted octanol–water partition coefficient (Wildman–Crippen LogP) is 2.16. The van der Waals surface area contributed by atoms with E-state index in [-0.39, 0.29) is 18.0 Å². The number of carbonyl (C=O) groups is 1. The maximum Gasteiger partial charge on any atom is 0.273 e. The molecule has 0 saturated carbocycles. The Morgan fingerprint density at radius 3 is 2.88 bits per heavy atom. The van der Waals surface area contributed by atoms with E-state index in [2.05, 4.69) is 5.32 Å². The van der Waals surface area contributed by atoms with Gasteiger partial charge >= 0.3 is 0 Å². The number of hydrogen-bond acceptors (Lipinski definition) is 3. The van der Waals surface area contributed by atoms with Crippen molar-refractivity contribution in [2.45, 2.75) is 19.3 Å². The number of nitrogens with one attached hydrogen (secondary N) is 1. The molecule has 0 saturated heterocycles. The Morgan fingerprint density at radius 2 is 2.29 bits per heavy atom. The molecular formula is C11H11FN2O3. The van der Waals surface area contributed by atoms with Gasteiger partial charge in [0.05, 0.1) is 18.0 Å². The fourth-order valence-corrected chi connectivity index (χ4v) is 1.91. The van der Waals surface area contributed by atoms with Crippen LogP contribution in [0.15, 0.2) is 12.1 Å². The van der Waals surface area contributed by atoms with Gasteiger partial charge in [0.25, 0.3) is 5.69 Å². The summed E-state index contributed by atoms with van der Waals surface area (Å²) in [5, 5.41) is 13.5. The van der Waals surface area contributed by atoms with E-state index in [0.29, 0.717) is 16.8 Å². The van der Waals surface area contributed by atoms with Crippen molar-refractivity contribution in [3.05, 3.63) is 33.4 Å². The first-order valence-electron chi connectivity index (χ1n) is 5.20. The lowest BCUT2D eigenvalue weighted by Crippen LogP contribution is -2.04. The van der Waals surface area contributed by atoms with Crippen molar-refractivity contribution in [1.29, 1.82) is 0 Å². The van der Waals surface area contributed by atoms with Crippen LogP contribution in [0.5, 0.6) is 0 Å². The Labute approximate surface area is 96.8 Å². The van der Waals surface area contributed by atoms with Gasteiger partial charge in [0.15, 0.2) is 0 Å². The van der Waals surface area contributed by atoms with E-state index in [1.807, 2.05) is 0 Å². The Morgan fingerprint density at radius 1 is 1.59 bits per heavy atom. The first kappa shape index (κ1) is 11.5. The number of nitrogens with zero attached hydrogens (tertiary/aromatic N) is 1. The van der Waals surface area contributed by atoms with Gasteiger partial charge in [-0.25, -0.2) is 0 Å². The molecule has 1 heterocycles. The number of halogens is 1. The number of rotatable bonds is 3. The van der Waals surface area contributed by atoms with Crippen LogP contribution in [0.2, 0.25) is 0 Å². The minimum absolute atomic E-state index is 0.120. The highest BCUT2D eigenvalue weighted by Crippen LogP contribution is 2.35. The Kier molecular flexibility index (Phi) is 2.79. The van der Waals surface area contributed by atoms with Crippen molar-refractivity contribution in [3.8, 4) is 0 Å². The molecule has 6 heteroatoms. The number of nitro groups is 1. The molecule has 1 aliphatic rings. The van der Waals surface area contributed by atoms with Gasteiger partial charge in [-0.15, -0.1) is 0 Å². The molecule has 1 aliphatic heterocycles. The molecule has 5 nitrogen and oxygen atoms in total. The lowest BCUT2D eigenvalue weighted by molar-refractivity contribution is -0.385. The molecule has 0 bridgehead atoms. The van der Waals surface area contributed by atoms with Crippen molar-refractivity contribution in [3.63, 3.8) is 0 Å². The van der Waals surface area contributed by atoms with Crippen LogP contribution in [0.1, 0.15) is 24.0 Å². The van der Waals surface area contributed by atoms with E-state index in [0.717, 1.165) is 0 Å². The summed E-state index contributed by atoms with van der Waals surface area (Å²) in [5.41, 5.74) is 1.34. The zero-order chi connectivity index (χ0) is 12.6. The number of benzene rings is 1. The third kappa shape index (κ3) is 1.98. The average molecular weight is 238 g/mol. The van der Waals surface area contributed by atoms with Crippen molar-refractivity contribution in [2.24, 2.45) is 0 Å². The van der Waals surface area contributed by atoms with Crippen LogP contribution >= 0.6 is 0 Å². The molecule has 0 aromatic heterocycles. The number of amides is 1. The molecule has 90 valence electrons. The molecule has 1 unspecified atom stereocenters. The van der Waals surface area contributed by atoms with E-state index >= 15 is 0 Å². The Balaban J connectivity index is 2.55. The van der Waals surface area contributed by atoms with Crippen LogP contribution in [0.25, 0.3) is 0 Å². The fraction of sp³-hybridized carbons (Fsp3) is 0.364. The second-order valence-corrected chi connectivity index (χ2v) is 4.11. The van der Waals surface area contributed by atoms with Crippen LogP contribution in [-0.4, -0.2) is 17.5 Å². The van der Waals surface area contributed by atoms with Crippen LogP contribution in [-0.2, 0) is 11.2 Å². The number of nitro benzene ring substituents is 1. The third-order valence-electron chi connectivity index (χ3n) is 2.84. The Bertz CT molecular complexity index is 502. The van der Waals surface area contributed by atoms with E-state index in [9.17, 15) is 19.3 Å². The zero-order valence-corrected chi connectivity index (χ0v) is 9.20. The molecule has 0 fully saturated rings. The summed E-state index contributed by atoms with van der Waals surface area (Å²) in [6.45, 7) is 0.902. The predicted molar refractivity (Wildman–Crippen MR) is 59.8 cm³/mol. The summed E-state index contributed by atoms with van der Waals surface area (Å²) in [5.74, 6) is -0.752. The topological polar surface area (TPSA) is 72.2 Å². The number of hydrogen-bond donors (Lipinski definition) is 1. The summed E-state index contributed by atoms with van der Waals surface area (Å²) in [6.07, 6.45) is 0.139. The molecule has 1 N–H and O–H groups in total. The molecule has 1 atom stereocenters. The Hall–Kier alpha value is -1.98. The van der Waals surface area contributed by atoms with Crippen LogP contribution < -0.4 is 5.32 Å². The van der Waals surface area contributed by atoms with E-state index in [1.54, 1.807) is 6.92 Å². The number of anilines is 1. The minimum atomic E-state index is -0.673. The van der Waals surface area contributed by atoms with E-state index in [4.69, 9.17) is 0 Å². The van der Waals surface area contributed by atoms with Gasteiger partial charge in [-0.2, -0.15) is 0 Å². The normalized spacial score (nSPS) is 15.3. The molecular weight excluding hydrogens is 227 g/mol. The monoisotopic (exact) mass is 238 g/mol. The quantitative estimate of drug-likeness (QED) is 0.647. The van der Waals surface area contributed by atoms with Crippen LogP contribution in [0.4, 0.5) is 15.8 Å². The van der Waals surface area contributed by atoms with Gasteiger partial charge < -0.3 is 5.32 Å². The summed E-state index contributed by atoms with van der Waals surface area (Å²) < 4.78 is 12.6. The van der Waals surface area contributed by atoms with Crippen molar-refractivity contribution in [1.82, 2.24) is 0 Å². The molecule has 0 radical (unpaired) electrons. The summed E-state index contributed by atoms with van der Waals surface area (Å²) >= 11 is 0. The van der Waals surface area contributed by atoms with Gasteiger partial charge in [-0.05, 0) is 11.6 Å². The first-order chi connectivity index (χ1) is 8.02. The third-order valence-corrected chi connectivity index (χ3v) is 2.84. The largest absolute Gasteiger partial charge is 0.326 e. The van der Waals surface area contributed by atoms with Crippen molar-refractivity contribution >= 4 is 17.3 Å².